The summed E-state index contributed by atoms with van der Waals surface area (Å²) in [5.41, 5.74) is 1.99. The van der Waals surface area contributed by atoms with Gasteiger partial charge in [-0.15, -0.1) is 0 Å². The van der Waals surface area contributed by atoms with Crippen molar-refractivity contribution in [3.8, 4) is 0 Å². The second-order valence-corrected chi connectivity index (χ2v) is 6.31. The lowest BCUT2D eigenvalue weighted by Crippen LogP contribution is -2.03. The molecule has 0 aliphatic rings. The number of halogens is 1. The molecule has 2 nitrogen and oxygen atoms in total. The highest BCUT2D eigenvalue weighted by molar-refractivity contribution is 8.13. The summed E-state index contributed by atoms with van der Waals surface area (Å²) in [4.78, 5) is 12.8. The maximum atomic E-state index is 12.0. The number of rotatable bonds is 5. The Bertz CT molecular complexity index is 593. The van der Waals surface area contributed by atoms with Gasteiger partial charge in [-0.2, -0.15) is 0 Å². The monoisotopic (exact) mass is 320 g/mol. The number of carbonyl (C=O) groups is 1. The van der Waals surface area contributed by atoms with E-state index in [2.05, 4.69) is 6.92 Å². The van der Waals surface area contributed by atoms with Crippen LogP contribution >= 0.6 is 23.4 Å². The van der Waals surface area contributed by atoms with Gasteiger partial charge in [-0.25, -0.2) is 0 Å². The van der Waals surface area contributed by atoms with E-state index in [4.69, 9.17) is 11.6 Å². The molecular formula is C17H17ClO2S. The van der Waals surface area contributed by atoms with Crippen molar-refractivity contribution in [3.63, 3.8) is 0 Å². The van der Waals surface area contributed by atoms with Crippen LogP contribution in [0.15, 0.2) is 53.4 Å². The Morgan fingerprint density at radius 1 is 1.14 bits per heavy atom. The van der Waals surface area contributed by atoms with Gasteiger partial charge in [-0.05, 0) is 41.8 Å². The number of hydrogen-bond donors (Lipinski definition) is 1. The molecule has 0 aromatic heterocycles. The number of aliphatic hydroxyl groups excluding tert-OH is 1. The number of carbonyl (C=O) groups excluding carboxylic acids is 1. The van der Waals surface area contributed by atoms with Crippen molar-refractivity contribution in [2.75, 3.05) is 0 Å². The standard InChI is InChI=1S/C17H17ClO2S/c1-2-12-3-5-13(6-4-12)16(19)11-17(20)21-15-9-7-14(18)8-10-15/h3-10,16,19H,2,11H2,1H3. The topological polar surface area (TPSA) is 37.3 Å². The lowest BCUT2D eigenvalue weighted by atomic mass is 10.0. The van der Waals surface area contributed by atoms with Crippen LogP contribution in [0.2, 0.25) is 5.02 Å². The molecule has 0 bridgehead atoms. The average molecular weight is 321 g/mol. The molecule has 0 fully saturated rings. The van der Waals surface area contributed by atoms with Gasteiger partial charge in [-0.1, -0.05) is 54.6 Å². The van der Waals surface area contributed by atoms with Crippen LogP contribution in [0.1, 0.15) is 30.6 Å². The fourth-order valence-corrected chi connectivity index (χ4v) is 2.83. The molecule has 1 unspecified atom stereocenters. The van der Waals surface area contributed by atoms with Gasteiger partial charge in [0, 0.05) is 16.3 Å². The van der Waals surface area contributed by atoms with Crippen molar-refractivity contribution in [3.05, 3.63) is 64.7 Å². The first-order valence-corrected chi connectivity index (χ1v) is 8.01. The third-order valence-electron chi connectivity index (χ3n) is 3.18. The normalized spacial score (nSPS) is 12.1. The Balaban J connectivity index is 1.93. The molecule has 1 atom stereocenters. The predicted molar refractivity (Wildman–Crippen MR) is 87.7 cm³/mol. The first-order chi connectivity index (χ1) is 10.1. The highest BCUT2D eigenvalue weighted by Crippen LogP contribution is 2.26. The van der Waals surface area contributed by atoms with Crippen LogP contribution in [-0.4, -0.2) is 10.2 Å². The van der Waals surface area contributed by atoms with Crippen molar-refractivity contribution in [1.82, 2.24) is 0 Å². The van der Waals surface area contributed by atoms with E-state index >= 15 is 0 Å². The van der Waals surface area contributed by atoms with Gasteiger partial charge in [0.15, 0.2) is 5.12 Å². The van der Waals surface area contributed by atoms with Gasteiger partial charge >= 0.3 is 0 Å². The molecule has 0 saturated carbocycles. The summed E-state index contributed by atoms with van der Waals surface area (Å²) in [5.74, 6) is 0. The van der Waals surface area contributed by atoms with E-state index in [0.717, 1.165) is 28.6 Å². The molecule has 0 aliphatic heterocycles. The van der Waals surface area contributed by atoms with E-state index in [0.29, 0.717) is 5.02 Å². The summed E-state index contributed by atoms with van der Waals surface area (Å²) in [6.07, 6.45) is 0.295. The third kappa shape index (κ3) is 4.88. The Morgan fingerprint density at radius 3 is 2.33 bits per heavy atom. The molecule has 110 valence electrons. The minimum absolute atomic E-state index is 0.0654. The zero-order valence-corrected chi connectivity index (χ0v) is 13.3. The number of hydrogen-bond acceptors (Lipinski definition) is 3. The van der Waals surface area contributed by atoms with E-state index in [9.17, 15) is 9.90 Å². The fourth-order valence-electron chi connectivity index (χ4n) is 1.93. The highest BCUT2D eigenvalue weighted by atomic mass is 35.5. The number of aryl methyl sites for hydroxylation is 1. The molecule has 0 heterocycles. The van der Waals surface area contributed by atoms with Crippen molar-refractivity contribution >= 4 is 28.5 Å². The Labute approximate surface area is 134 Å². The van der Waals surface area contributed by atoms with Crippen molar-refractivity contribution in [1.29, 1.82) is 0 Å². The van der Waals surface area contributed by atoms with Gasteiger partial charge in [0.2, 0.25) is 0 Å². The third-order valence-corrected chi connectivity index (χ3v) is 4.33. The quantitative estimate of drug-likeness (QED) is 0.815. The summed E-state index contributed by atoms with van der Waals surface area (Å²) in [7, 11) is 0. The highest BCUT2D eigenvalue weighted by Gasteiger charge is 2.14. The van der Waals surface area contributed by atoms with E-state index < -0.39 is 6.10 Å². The smallest absolute Gasteiger partial charge is 0.196 e. The van der Waals surface area contributed by atoms with Gasteiger partial charge in [0.25, 0.3) is 0 Å². The van der Waals surface area contributed by atoms with Gasteiger partial charge in [0.1, 0.15) is 0 Å². The number of benzene rings is 2. The molecule has 2 aromatic carbocycles. The van der Waals surface area contributed by atoms with Gasteiger partial charge < -0.3 is 5.11 Å². The van der Waals surface area contributed by atoms with Crippen LogP contribution in [0.3, 0.4) is 0 Å². The van der Waals surface area contributed by atoms with Crippen molar-refractivity contribution < 1.29 is 9.90 Å². The maximum Gasteiger partial charge on any atom is 0.196 e. The molecule has 0 saturated heterocycles. The molecule has 0 radical (unpaired) electrons. The largest absolute Gasteiger partial charge is 0.388 e. The second-order valence-electron chi connectivity index (χ2n) is 4.74. The van der Waals surface area contributed by atoms with E-state index in [1.165, 1.54) is 5.56 Å². The summed E-state index contributed by atoms with van der Waals surface area (Å²) >= 11 is 6.93. The predicted octanol–water partition coefficient (Wildman–Crippen LogP) is 4.64. The van der Waals surface area contributed by atoms with Crippen LogP contribution in [0.25, 0.3) is 0 Å². The summed E-state index contributed by atoms with van der Waals surface area (Å²) < 4.78 is 0. The molecule has 2 rings (SSSR count). The summed E-state index contributed by atoms with van der Waals surface area (Å²) in [6, 6.07) is 14.8. The molecule has 0 spiro atoms. The molecule has 2 aromatic rings. The maximum absolute atomic E-state index is 12.0. The van der Waals surface area contributed by atoms with E-state index in [1.807, 2.05) is 24.3 Å². The minimum Gasteiger partial charge on any atom is -0.388 e. The minimum atomic E-state index is -0.761. The molecule has 1 N–H and O–H groups in total. The Hall–Kier alpha value is -1.29. The van der Waals surface area contributed by atoms with Crippen LogP contribution < -0.4 is 0 Å². The van der Waals surface area contributed by atoms with Gasteiger partial charge in [-0.3, -0.25) is 4.79 Å². The molecule has 0 aliphatic carbocycles. The molecule has 21 heavy (non-hydrogen) atoms. The summed E-state index contributed by atoms with van der Waals surface area (Å²) in [5, 5.41) is 10.7. The Morgan fingerprint density at radius 2 is 1.76 bits per heavy atom. The first kappa shape index (κ1) is 16.1. The average Bonchev–Trinajstić information content (AvgIpc) is 2.49. The lowest BCUT2D eigenvalue weighted by molar-refractivity contribution is -0.112. The number of thioether (sulfide) groups is 1. The zero-order valence-electron chi connectivity index (χ0n) is 11.8. The molecule has 4 heteroatoms. The van der Waals surface area contributed by atoms with Crippen LogP contribution in [-0.2, 0) is 11.2 Å². The van der Waals surface area contributed by atoms with Crippen LogP contribution in [0.5, 0.6) is 0 Å². The summed E-state index contributed by atoms with van der Waals surface area (Å²) in [6.45, 7) is 2.08. The van der Waals surface area contributed by atoms with Crippen molar-refractivity contribution in [2.45, 2.75) is 30.8 Å². The second kappa shape index (κ2) is 7.64. The number of aliphatic hydroxyl groups is 1. The lowest BCUT2D eigenvalue weighted by Gasteiger charge is -2.10. The molecular weight excluding hydrogens is 304 g/mol. The van der Waals surface area contributed by atoms with Crippen LogP contribution in [0.4, 0.5) is 0 Å². The van der Waals surface area contributed by atoms with E-state index in [1.54, 1.807) is 24.3 Å². The molecule has 0 amide bonds. The van der Waals surface area contributed by atoms with Gasteiger partial charge in [0.05, 0.1) is 6.10 Å². The van der Waals surface area contributed by atoms with E-state index in [-0.39, 0.29) is 11.5 Å². The van der Waals surface area contributed by atoms with Crippen LogP contribution in [0, 0.1) is 0 Å². The fraction of sp³-hybridized carbons (Fsp3) is 0.235. The SMILES string of the molecule is CCc1ccc(C(O)CC(=O)Sc2ccc(Cl)cc2)cc1. The Kier molecular flexibility index (Phi) is 5.85. The zero-order chi connectivity index (χ0) is 15.2. The van der Waals surface area contributed by atoms with Crippen molar-refractivity contribution in [2.24, 2.45) is 0 Å². The first-order valence-electron chi connectivity index (χ1n) is 6.81.